The second kappa shape index (κ2) is 6.53. The number of nitrogens with zero attached hydrogens (tertiary/aromatic N) is 2. The summed E-state index contributed by atoms with van der Waals surface area (Å²) in [6.07, 6.45) is 1.85. The van der Waals surface area contributed by atoms with Crippen molar-refractivity contribution in [2.24, 2.45) is 0 Å². The van der Waals surface area contributed by atoms with Crippen LogP contribution in [0.15, 0.2) is 18.3 Å². The maximum atomic E-state index is 4.34. The zero-order valence-electron chi connectivity index (χ0n) is 9.95. The fraction of sp³-hybridized carbons (Fsp3) is 0.583. The Morgan fingerprint density at radius 3 is 2.93 bits per heavy atom. The van der Waals surface area contributed by atoms with Gasteiger partial charge in [0.1, 0.15) is 0 Å². The van der Waals surface area contributed by atoms with Crippen molar-refractivity contribution in [3.63, 3.8) is 0 Å². The lowest BCUT2D eigenvalue weighted by Gasteiger charge is -2.14. The summed E-state index contributed by atoms with van der Waals surface area (Å²) in [5.74, 6) is 0. The Bertz CT molecular complexity index is 286. The SMILES string of the molecule is CCN(C)CCNCc1ncccc1C. The molecule has 0 spiro atoms. The number of rotatable bonds is 6. The van der Waals surface area contributed by atoms with Gasteiger partial charge in [-0.2, -0.15) is 0 Å². The minimum atomic E-state index is 0.865. The monoisotopic (exact) mass is 207 g/mol. The summed E-state index contributed by atoms with van der Waals surface area (Å²) >= 11 is 0. The lowest BCUT2D eigenvalue weighted by Crippen LogP contribution is -2.29. The van der Waals surface area contributed by atoms with Crippen LogP contribution in [0, 0.1) is 6.92 Å². The van der Waals surface area contributed by atoms with Crippen LogP contribution in [-0.2, 0) is 6.54 Å². The van der Waals surface area contributed by atoms with Crippen LogP contribution in [0.2, 0.25) is 0 Å². The van der Waals surface area contributed by atoms with Gasteiger partial charge in [0.05, 0.1) is 5.69 Å². The molecule has 0 radical (unpaired) electrons. The molecule has 0 fully saturated rings. The van der Waals surface area contributed by atoms with E-state index in [1.165, 1.54) is 5.56 Å². The number of hydrogen-bond donors (Lipinski definition) is 1. The Hall–Kier alpha value is -0.930. The predicted octanol–water partition coefficient (Wildman–Crippen LogP) is 1.43. The first-order chi connectivity index (χ1) is 7.24. The number of likely N-dealkylation sites (N-methyl/N-ethyl adjacent to an activating group) is 1. The third kappa shape index (κ3) is 4.40. The standard InChI is InChI=1S/C12H21N3/c1-4-15(3)9-8-13-10-12-11(2)6-5-7-14-12/h5-7,13H,4,8-10H2,1-3H3. The quantitative estimate of drug-likeness (QED) is 0.715. The average Bonchev–Trinajstić information content (AvgIpc) is 2.26. The minimum absolute atomic E-state index is 0.865. The Kier molecular flexibility index (Phi) is 5.29. The molecule has 0 aliphatic rings. The zero-order valence-corrected chi connectivity index (χ0v) is 9.95. The van der Waals surface area contributed by atoms with E-state index in [0.29, 0.717) is 0 Å². The van der Waals surface area contributed by atoms with Crippen molar-refractivity contribution in [2.75, 3.05) is 26.7 Å². The van der Waals surface area contributed by atoms with Crippen molar-refractivity contribution >= 4 is 0 Å². The highest BCUT2D eigenvalue weighted by atomic mass is 15.1. The zero-order chi connectivity index (χ0) is 11.1. The summed E-state index contributed by atoms with van der Waals surface area (Å²) in [4.78, 5) is 6.63. The number of hydrogen-bond acceptors (Lipinski definition) is 3. The van der Waals surface area contributed by atoms with Crippen molar-refractivity contribution < 1.29 is 0 Å². The Morgan fingerprint density at radius 1 is 1.47 bits per heavy atom. The number of aryl methyl sites for hydroxylation is 1. The molecule has 0 atom stereocenters. The van der Waals surface area contributed by atoms with Crippen LogP contribution in [0.3, 0.4) is 0 Å². The summed E-state index contributed by atoms with van der Waals surface area (Å²) in [6, 6.07) is 4.08. The fourth-order valence-electron chi connectivity index (χ4n) is 1.34. The molecular formula is C12H21N3. The van der Waals surface area contributed by atoms with Gasteiger partial charge in [-0.05, 0) is 32.1 Å². The van der Waals surface area contributed by atoms with Gasteiger partial charge in [-0.15, -0.1) is 0 Å². The van der Waals surface area contributed by atoms with Gasteiger partial charge < -0.3 is 10.2 Å². The van der Waals surface area contributed by atoms with Gasteiger partial charge in [-0.3, -0.25) is 4.98 Å². The highest BCUT2D eigenvalue weighted by Gasteiger charge is 1.98. The second-order valence-electron chi connectivity index (χ2n) is 3.84. The van der Waals surface area contributed by atoms with E-state index in [1.54, 1.807) is 0 Å². The third-order valence-electron chi connectivity index (χ3n) is 2.62. The van der Waals surface area contributed by atoms with E-state index in [-0.39, 0.29) is 0 Å². The third-order valence-corrected chi connectivity index (χ3v) is 2.62. The first-order valence-electron chi connectivity index (χ1n) is 5.53. The van der Waals surface area contributed by atoms with E-state index in [0.717, 1.165) is 31.9 Å². The van der Waals surface area contributed by atoms with Crippen molar-refractivity contribution in [1.29, 1.82) is 0 Å². The summed E-state index contributed by atoms with van der Waals surface area (Å²) in [6.45, 7) is 8.34. The molecule has 3 heteroatoms. The van der Waals surface area contributed by atoms with Gasteiger partial charge in [0, 0.05) is 25.8 Å². The molecule has 0 saturated carbocycles. The molecule has 84 valence electrons. The molecule has 3 nitrogen and oxygen atoms in total. The van der Waals surface area contributed by atoms with Crippen LogP contribution in [-0.4, -0.2) is 36.6 Å². The molecule has 0 amide bonds. The van der Waals surface area contributed by atoms with Crippen molar-refractivity contribution in [2.45, 2.75) is 20.4 Å². The lowest BCUT2D eigenvalue weighted by atomic mass is 10.2. The average molecular weight is 207 g/mol. The molecule has 1 rings (SSSR count). The van der Waals surface area contributed by atoms with Gasteiger partial charge in [-0.25, -0.2) is 0 Å². The van der Waals surface area contributed by atoms with Crippen LogP contribution < -0.4 is 5.32 Å². The van der Waals surface area contributed by atoms with Gasteiger partial charge in [-0.1, -0.05) is 13.0 Å². The molecule has 1 aromatic heterocycles. The fourth-order valence-corrected chi connectivity index (χ4v) is 1.34. The maximum Gasteiger partial charge on any atom is 0.0570 e. The summed E-state index contributed by atoms with van der Waals surface area (Å²) < 4.78 is 0. The van der Waals surface area contributed by atoms with Crippen molar-refractivity contribution in [1.82, 2.24) is 15.2 Å². The number of aromatic nitrogens is 1. The molecule has 0 aromatic carbocycles. The molecule has 0 saturated heterocycles. The number of nitrogens with one attached hydrogen (secondary N) is 1. The van der Waals surface area contributed by atoms with E-state index in [1.807, 2.05) is 12.3 Å². The Labute approximate surface area is 92.5 Å². The molecule has 0 aliphatic carbocycles. The predicted molar refractivity (Wildman–Crippen MR) is 63.9 cm³/mol. The Balaban J connectivity index is 2.23. The molecule has 1 aromatic rings. The van der Waals surface area contributed by atoms with E-state index in [4.69, 9.17) is 0 Å². The molecule has 0 unspecified atom stereocenters. The van der Waals surface area contributed by atoms with Crippen LogP contribution in [0.5, 0.6) is 0 Å². The molecule has 0 bridgehead atoms. The van der Waals surface area contributed by atoms with Crippen LogP contribution in [0.4, 0.5) is 0 Å². The number of pyridine rings is 1. The molecule has 15 heavy (non-hydrogen) atoms. The van der Waals surface area contributed by atoms with Gasteiger partial charge in [0.2, 0.25) is 0 Å². The summed E-state index contributed by atoms with van der Waals surface area (Å²) in [5, 5.41) is 3.40. The summed E-state index contributed by atoms with van der Waals surface area (Å²) in [7, 11) is 2.13. The molecular weight excluding hydrogens is 186 g/mol. The highest BCUT2D eigenvalue weighted by molar-refractivity contribution is 5.17. The van der Waals surface area contributed by atoms with Crippen molar-refractivity contribution in [3.05, 3.63) is 29.6 Å². The van der Waals surface area contributed by atoms with Crippen molar-refractivity contribution in [3.8, 4) is 0 Å². The molecule has 1 N–H and O–H groups in total. The lowest BCUT2D eigenvalue weighted by molar-refractivity contribution is 0.348. The topological polar surface area (TPSA) is 28.2 Å². The minimum Gasteiger partial charge on any atom is -0.310 e. The Morgan fingerprint density at radius 2 is 2.27 bits per heavy atom. The van der Waals surface area contributed by atoms with E-state index >= 15 is 0 Å². The first-order valence-corrected chi connectivity index (χ1v) is 5.53. The first kappa shape index (κ1) is 12.1. The second-order valence-corrected chi connectivity index (χ2v) is 3.84. The summed E-state index contributed by atoms with van der Waals surface area (Å²) in [5.41, 5.74) is 2.41. The maximum absolute atomic E-state index is 4.34. The largest absolute Gasteiger partial charge is 0.310 e. The highest BCUT2D eigenvalue weighted by Crippen LogP contribution is 2.01. The van der Waals surface area contributed by atoms with E-state index in [9.17, 15) is 0 Å². The van der Waals surface area contributed by atoms with E-state index < -0.39 is 0 Å². The van der Waals surface area contributed by atoms with Gasteiger partial charge in [0.15, 0.2) is 0 Å². The van der Waals surface area contributed by atoms with Gasteiger partial charge in [0.25, 0.3) is 0 Å². The van der Waals surface area contributed by atoms with Crippen LogP contribution >= 0.6 is 0 Å². The molecule has 0 aliphatic heterocycles. The molecule has 1 heterocycles. The van der Waals surface area contributed by atoms with Gasteiger partial charge >= 0.3 is 0 Å². The normalized spacial score (nSPS) is 10.9. The van der Waals surface area contributed by atoms with E-state index in [2.05, 4.69) is 42.2 Å². The smallest absolute Gasteiger partial charge is 0.0570 e. The van der Waals surface area contributed by atoms with Crippen LogP contribution in [0.25, 0.3) is 0 Å². The van der Waals surface area contributed by atoms with Crippen LogP contribution in [0.1, 0.15) is 18.2 Å².